The molecule has 0 saturated carbocycles. The quantitative estimate of drug-likeness (QED) is 0.551. The van der Waals surface area contributed by atoms with Crippen LogP contribution in [0.2, 0.25) is 5.02 Å². The summed E-state index contributed by atoms with van der Waals surface area (Å²) in [6, 6.07) is 4.43. The fourth-order valence-electron chi connectivity index (χ4n) is 3.32. The average molecular weight is 385 g/mol. The average Bonchev–Trinajstić information content (AvgIpc) is 3.11. The maximum Gasteiger partial charge on any atom is 0.359 e. The number of hydrogen-bond acceptors (Lipinski definition) is 5. The van der Waals surface area contributed by atoms with Gasteiger partial charge in [-0.25, -0.2) is 19.9 Å². The van der Waals surface area contributed by atoms with Crippen LogP contribution in [0.4, 0.5) is 20.4 Å². The molecule has 0 radical (unpaired) electrons. The Hall–Kier alpha value is -3.13. The first kappa shape index (κ1) is 16.1. The lowest BCUT2D eigenvalue weighted by Crippen LogP contribution is -2.20. The molecule has 0 aliphatic carbocycles. The van der Waals surface area contributed by atoms with E-state index in [1.165, 1.54) is 24.7 Å². The Kier molecular flexibility index (Phi) is 3.23. The molecular weight excluding hydrogens is 374 g/mol. The molecule has 0 bridgehead atoms. The predicted octanol–water partition coefficient (Wildman–Crippen LogP) is 4.50. The minimum absolute atomic E-state index is 0.116. The van der Waals surface area contributed by atoms with E-state index in [9.17, 15) is 0 Å². The van der Waals surface area contributed by atoms with Crippen molar-refractivity contribution in [1.82, 2.24) is 24.5 Å². The van der Waals surface area contributed by atoms with Gasteiger partial charge in [0.1, 0.15) is 23.5 Å². The number of aryl methyl sites for hydroxylation is 1. The summed E-state index contributed by atoms with van der Waals surface area (Å²) >= 11 is 6.20. The van der Waals surface area contributed by atoms with Gasteiger partial charge in [0, 0.05) is 23.5 Å². The number of rotatable bonds is 2. The van der Waals surface area contributed by atoms with Crippen LogP contribution in [0.5, 0.6) is 0 Å². The highest BCUT2D eigenvalue weighted by Gasteiger charge is 2.47. The van der Waals surface area contributed by atoms with E-state index in [-0.39, 0.29) is 33.3 Å². The Bertz CT molecular complexity index is 1220. The summed E-state index contributed by atoms with van der Waals surface area (Å²) in [7, 11) is 0. The smallest absolute Gasteiger partial charge is 0.323 e. The third-order valence-corrected chi connectivity index (χ3v) is 4.77. The Morgan fingerprint density at radius 3 is 2.81 bits per heavy atom. The zero-order valence-electron chi connectivity index (χ0n) is 13.9. The Balaban J connectivity index is 1.77. The summed E-state index contributed by atoms with van der Waals surface area (Å²) in [6.45, 7) is 1.81. The van der Waals surface area contributed by atoms with Crippen LogP contribution in [0.1, 0.15) is 11.3 Å². The van der Waals surface area contributed by atoms with Crippen LogP contribution in [0.3, 0.4) is 0 Å². The van der Waals surface area contributed by atoms with E-state index >= 15 is 8.78 Å². The van der Waals surface area contributed by atoms with E-state index in [2.05, 4.69) is 25.3 Å². The second-order valence-electron chi connectivity index (χ2n) is 6.17. The first-order chi connectivity index (χ1) is 13.0. The highest BCUT2D eigenvalue weighted by Crippen LogP contribution is 2.50. The highest BCUT2D eigenvalue weighted by molar-refractivity contribution is 6.33. The molecule has 0 spiro atoms. The Morgan fingerprint density at radius 2 is 2.00 bits per heavy atom. The molecule has 0 unspecified atom stereocenters. The monoisotopic (exact) mass is 384 g/mol. The Labute approximate surface area is 156 Å². The molecule has 3 aromatic heterocycles. The lowest BCUT2D eigenvalue weighted by molar-refractivity contribution is -0.0241. The van der Waals surface area contributed by atoms with Crippen molar-refractivity contribution in [3.8, 4) is 11.4 Å². The van der Waals surface area contributed by atoms with Gasteiger partial charge in [-0.05, 0) is 19.1 Å². The molecule has 0 saturated heterocycles. The molecule has 9 heteroatoms. The second-order valence-corrected chi connectivity index (χ2v) is 6.58. The van der Waals surface area contributed by atoms with Gasteiger partial charge >= 0.3 is 6.05 Å². The van der Waals surface area contributed by atoms with Gasteiger partial charge in [0.2, 0.25) is 0 Å². The molecule has 0 fully saturated rings. The Morgan fingerprint density at radius 1 is 1.15 bits per heavy atom. The van der Waals surface area contributed by atoms with Crippen LogP contribution in [0.25, 0.3) is 22.4 Å². The van der Waals surface area contributed by atoms with Crippen LogP contribution in [0.15, 0.2) is 42.9 Å². The number of benzene rings is 1. The molecule has 4 aromatic rings. The number of nitrogens with zero attached hydrogens (tertiary/aromatic N) is 5. The molecule has 134 valence electrons. The van der Waals surface area contributed by atoms with Crippen molar-refractivity contribution in [2.75, 3.05) is 5.32 Å². The summed E-state index contributed by atoms with van der Waals surface area (Å²) in [6.07, 6.45) is 2.90. The van der Waals surface area contributed by atoms with Crippen LogP contribution in [-0.4, -0.2) is 24.5 Å². The van der Waals surface area contributed by atoms with Crippen LogP contribution in [0, 0.1) is 6.92 Å². The van der Waals surface area contributed by atoms with E-state index in [4.69, 9.17) is 11.6 Å². The number of alkyl halides is 2. The van der Waals surface area contributed by atoms with Gasteiger partial charge in [0.05, 0.1) is 16.1 Å². The van der Waals surface area contributed by atoms with Gasteiger partial charge < -0.3 is 5.32 Å². The topological polar surface area (TPSA) is 68.5 Å². The molecule has 0 atom stereocenters. The molecule has 1 aliphatic rings. The highest BCUT2D eigenvalue weighted by atomic mass is 35.5. The van der Waals surface area contributed by atoms with Crippen molar-refractivity contribution in [1.29, 1.82) is 0 Å². The van der Waals surface area contributed by atoms with Gasteiger partial charge in [0.15, 0.2) is 5.82 Å². The van der Waals surface area contributed by atoms with Crippen LogP contribution >= 0.6 is 11.6 Å². The molecule has 1 aromatic carbocycles. The number of hydrogen-bond donors (Lipinski definition) is 1. The van der Waals surface area contributed by atoms with Crippen LogP contribution in [-0.2, 0) is 6.05 Å². The van der Waals surface area contributed by atoms with Crippen molar-refractivity contribution >= 4 is 34.3 Å². The van der Waals surface area contributed by atoms with Gasteiger partial charge in [0.25, 0.3) is 0 Å². The molecule has 27 heavy (non-hydrogen) atoms. The zero-order valence-corrected chi connectivity index (χ0v) is 14.7. The number of nitrogens with one attached hydrogen (secondary N) is 1. The van der Waals surface area contributed by atoms with Gasteiger partial charge in [-0.1, -0.05) is 23.7 Å². The molecule has 1 N–H and O–H groups in total. The number of pyridine rings is 1. The van der Waals surface area contributed by atoms with Gasteiger partial charge in [-0.3, -0.25) is 4.57 Å². The number of anilines is 2. The van der Waals surface area contributed by atoms with E-state index < -0.39 is 6.05 Å². The van der Waals surface area contributed by atoms with E-state index in [1.807, 2.05) is 6.92 Å². The first-order valence-electron chi connectivity index (χ1n) is 8.07. The summed E-state index contributed by atoms with van der Waals surface area (Å²) in [5, 5.41) is 3.22. The van der Waals surface area contributed by atoms with E-state index in [1.54, 1.807) is 18.2 Å². The van der Waals surface area contributed by atoms with Crippen molar-refractivity contribution in [2.24, 2.45) is 0 Å². The lowest BCUT2D eigenvalue weighted by Gasteiger charge is -2.16. The number of fused-ring (bicyclic) bond motifs is 5. The van der Waals surface area contributed by atoms with E-state index in [0.717, 1.165) is 10.3 Å². The molecule has 6 nitrogen and oxygen atoms in total. The van der Waals surface area contributed by atoms with Crippen molar-refractivity contribution < 1.29 is 8.78 Å². The largest absolute Gasteiger partial charge is 0.359 e. The first-order valence-corrected chi connectivity index (χ1v) is 8.45. The maximum absolute atomic E-state index is 15.2. The van der Waals surface area contributed by atoms with Crippen LogP contribution < -0.4 is 5.32 Å². The summed E-state index contributed by atoms with van der Waals surface area (Å²) < 4.78 is 31.4. The molecule has 0 amide bonds. The normalized spacial score (nSPS) is 14.2. The number of imidazole rings is 1. The maximum atomic E-state index is 15.2. The molecular formula is C18H11ClF2N6. The summed E-state index contributed by atoms with van der Waals surface area (Å²) in [5.74, 6) is 0.799. The second kappa shape index (κ2) is 5.43. The van der Waals surface area contributed by atoms with Crippen molar-refractivity contribution in [2.45, 2.75) is 13.0 Å². The van der Waals surface area contributed by atoms with Gasteiger partial charge in [-0.15, -0.1) is 0 Å². The fourth-order valence-corrected chi connectivity index (χ4v) is 3.58. The fraction of sp³-hybridized carbons (Fsp3) is 0.111. The lowest BCUT2D eigenvalue weighted by atomic mass is 10.1. The SMILES string of the molecule is Cc1cc(Nc2nccc3nc4n(c23)C(F)(F)c2cccc(Cl)c2-4)ncn1. The third kappa shape index (κ3) is 2.23. The summed E-state index contributed by atoms with van der Waals surface area (Å²) in [5.41, 5.74) is 1.37. The van der Waals surface area contributed by atoms with E-state index in [0.29, 0.717) is 11.3 Å². The molecule has 5 rings (SSSR count). The third-order valence-electron chi connectivity index (χ3n) is 4.46. The standard InChI is InChI=1S/C18H11ClF2N6/c1-9-7-13(24-8-23-9)26-16-15-12(5-6-22-16)25-17-14-10(3-2-4-11(14)19)18(20,21)27(15)17/h2-8H,1H3,(H,22,23,24,26). The zero-order chi connectivity index (χ0) is 18.8. The molecule has 1 aliphatic heterocycles. The number of halogens is 3. The van der Waals surface area contributed by atoms with Gasteiger partial charge in [-0.2, -0.15) is 8.78 Å². The minimum Gasteiger partial charge on any atom is -0.323 e. The van der Waals surface area contributed by atoms with Crippen molar-refractivity contribution in [3.05, 3.63) is 59.1 Å². The van der Waals surface area contributed by atoms with Crippen molar-refractivity contribution in [3.63, 3.8) is 0 Å². The molecule has 4 heterocycles. The number of aromatic nitrogens is 5. The predicted molar refractivity (Wildman–Crippen MR) is 97.3 cm³/mol. The summed E-state index contributed by atoms with van der Waals surface area (Å²) in [4.78, 5) is 16.8. The minimum atomic E-state index is -3.30.